The third-order valence-electron chi connectivity index (χ3n) is 3.14. The van der Waals surface area contributed by atoms with Gasteiger partial charge >= 0.3 is 6.18 Å². The molecule has 1 aliphatic heterocycles. The number of hydrogen-bond acceptors (Lipinski definition) is 3. The van der Waals surface area contributed by atoms with Gasteiger partial charge in [0.1, 0.15) is 5.69 Å². The van der Waals surface area contributed by atoms with Crippen LogP contribution in [0.25, 0.3) is 0 Å². The number of amides is 1. The lowest BCUT2D eigenvalue weighted by Crippen LogP contribution is -2.32. The van der Waals surface area contributed by atoms with Crippen LogP contribution in [0.3, 0.4) is 0 Å². The van der Waals surface area contributed by atoms with Gasteiger partial charge in [-0.25, -0.2) is 4.98 Å². The van der Waals surface area contributed by atoms with E-state index in [0.717, 1.165) is 25.0 Å². The van der Waals surface area contributed by atoms with Gasteiger partial charge in [0.05, 0.1) is 17.4 Å². The number of carbonyl (C=O) groups excluding carboxylic acids is 1. The van der Waals surface area contributed by atoms with E-state index in [9.17, 15) is 18.0 Å². The zero-order valence-corrected chi connectivity index (χ0v) is 11.0. The molecule has 0 bridgehead atoms. The number of ether oxygens (including phenoxy) is 1. The average molecular weight is 288 g/mol. The van der Waals surface area contributed by atoms with Gasteiger partial charge in [-0.1, -0.05) is 0 Å². The number of nitrogens with zero attached hydrogens (tertiary/aromatic N) is 1. The summed E-state index contributed by atoms with van der Waals surface area (Å²) in [5, 5.41) is 2.65. The van der Waals surface area contributed by atoms with Crippen LogP contribution in [-0.4, -0.2) is 30.1 Å². The van der Waals surface area contributed by atoms with Crippen LogP contribution in [0.2, 0.25) is 0 Å². The summed E-state index contributed by atoms with van der Waals surface area (Å²) in [4.78, 5) is 15.3. The molecule has 0 aromatic carbocycles. The van der Waals surface area contributed by atoms with Gasteiger partial charge < -0.3 is 10.1 Å². The first-order chi connectivity index (χ1) is 9.38. The normalized spacial score (nSPS) is 19.1. The van der Waals surface area contributed by atoms with Crippen molar-refractivity contribution in [3.63, 3.8) is 0 Å². The molecule has 110 valence electrons. The van der Waals surface area contributed by atoms with E-state index in [0.29, 0.717) is 13.2 Å². The van der Waals surface area contributed by atoms with Crippen LogP contribution < -0.4 is 5.32 Å². The van der Waals surface area contributed by atoms with Gasteiger partial charge in [-0.2, -0.15) is 13.2 Å². The summed E-state index contributed by atoms with van der Waals surface area (Å²) in [6.07, 6.45) is -2.68. The van der Waals surface area contributed by atoms with E-state index in [1.54, 1.807) is 0 Å². The quantitative estimate of drug-likeness (QED) is 0.928. The molecule has 1 aliphatic rings. The Labute approximate surface area is 114 Å². The highest BCUT2D eigenvalue weighted by Gasteiger charge is 2.33. The molecule has 0 spiro atoms. The van der Waals surface area contributed by atoms with Crippen molar-refractivity contribution in [2.24, 2.45) is 0 Å². The highest BCUT2D eigenvalue weighted by atomic mass is 19.4. The number of rotatable bonds is 3. The Morgan fingerprint density at radius 1 is 1.50 bits per heavy atom. The molecule has 7 heteroatoms. The fourth-order valence-corrected chi connectivity index (χ4v) is 2.07. The maximum Gasteiger partial charge on any atom is 0.433 e. The maximum absolute atomic E-state index is 12.5. The molecule has 1 saturated heterocycles. The Hall–Kier alpha value is -1.63. The summed E-state index contributed by atoms with van der Waals surface area (Å²) in [6, 6.07) is 1.96. The van der Waals surface area contributed by atoms with Crippen LogP contribution in [-0.2, 0) is 10.9 Å². The Bertz CT molecular complexity index is 497. The Morgan fingerprint density at radius 3 is 2.80 bits per heavy atom. The fourth-order valence-electron chi connectivity index (χ4n) is 2.07. The first-order valence-corrected chi connectivity index (χ1v) is 6.32. The van der Waals surface area contributed by atoms with Crippen LogP contribution in [0.5, 0.6) is 0 Å². The zero-order chi connectivity index (χ0) is 14.8. The number of nitrogens with one attached hydrogen (secondary N) is 1. The van der Waals surface area contributed by atoms with Crippen molar-refractivity contribution in [1.29, 1.82) is 0 Å². The minimum atomic E-state index is -4.50. The van der Waals surface area contributed by atoms with E-state index in [4.69, 9.17) is 4.74 Å². The summed E-state index contributed by atoms with van der Waals surface area (Å²) in [6.45, 7) is 2.43. The van der Waals surface area contributed by atoms with E-state index >= 15 is 0 Å². The topological polar surface area (TPSA) is 51.2 Å². The van der Waals surface area contributed by atoms with Gasteiger partial charge in [0, 0.05) is 13.2 Å². The summed E-state index contributed by atoms with van der Waals surface area (Å²) in [7, 11) is 0. The van der Waals surface area contributed by atoms with Crippen molar-refractivity contribution >= 4 is 5.91 Å². The molecule has 2 heterocycles. The van der Waals surface area contributed by atoms with E-state index < -0.39 is 17.8 Å². The van der Waals surface area contributed by atoms with Gasteiger partial charge in [0.15, 0.2) is 0 Å². The summed E-state index contributed by atoms with van der Waals surface area (Å²) in [5.74, 6) is -0.431. The first kappa shape index (κ1) is 14.8. The van der Waals surface area contributed by atoms with E-state index in [-0.39, 0.29) is 17.4 Å². The highest BCUT2D eigenvalue weighted by molar-refractivity contribution is 5.95. The Kier molecular flexibility index (Phi) is 4.27. The molecule has 1 aromatic heterocycles. The molecule has 1 fully saturated rings. The number of alkyl halides is 3. The monoisotopic (exact) mass is 288 g/mol. The summed E-state index contributed by atoms with van der Waals surface area (Å²) in [5.41, 5.74) is -0.786. The Balaban J connectivity index is 2.02. The lowest BCUT2D eigenvalue weighted by molar-refractivity contribution is -0.141. The van der Waals surface area contributed by atoms with Crippen molar-refractivity contribution in [2.45, 2.75) is 32.0 Å². The summed E-state index contributed by atoms with van der Waals surface area (Å²) >= 11 is 0. The number of hydrogen-bond donors (Lipinski definition) is 1. The summed E-state index contributed by atoms with van der Waals surface area (Å²) < 4.78 is 42.8. The van der Waals surface area contributed by atoms with Gasteiger partial charge in [0.25, 0.3) is 5.91 Å². The molecule has 20 heavy (non-hydrogen) atoms. The van der Waals surface area contributed by atoms with E-state index in [1.165, 1.54) is 6.92 Å². The SMILES string of the molecule is Cc1nc(C(F)(F)F)ccc1C(=O)NC[C@H]1CCCO1. The van der Waals surface area contributed by atoms with E-state index in [1.807, 2.05) is 0 Å². The third kappa shape index (κ3) is 3.47. The first-order valence-electron chi connectivity index (χ1n) is 6.32. The molecule has 0 unspecified atom stereocenters. The predicted octanol–water partition coefficient (Wildman–Crippen LogP) is 2.32. The molecule has 1 N–H and O–H groups in total. The fraction of sp³-hybridized carbons (Fsp3) is 0.538. The Morgan fingerprint density at radius 2 is 2.25 bits per heavy atom. The predicted molar refractivity (Wildman–Crippen MR) is 65.3 cm³/mol. The molecule has 1 atom stereocenters. The smallest absolute Gasteiger partial charge is 0.376 e. The van der Waals surface area contributed by atoms with Crippen LogP contribution in [0.1, 0.15) is 34.6 Å². The number of aromatic nitrogens is 1. The molecule has 0 aliphatic carbocycles. The number of aryl methyl sites for hydroxylation is 1. The van der Waals surface area contributed by atoms with Crippen LogP contribution >= 0.6 is 0 Å². The lowest BCUT2D eigenvalue weighted by atomic mass is 10.1. The molecule has 0 saturated carbocycles. The van der Waals surface area contributed by atoms with E-state index in [2.05, 4.69) is 10.3 Å². The molecular weight excluding hydrogens is 273 g/mol. The number of pyridine rings is 1. The van der Waals surface area contributed by atoms with Crippen molar-refractivity contribution in [1.82, 2.24) is 10.3 Å². The molecular formula is C13H15F3N2O2. The van der Waals surface area contributed by atoms with Crippen LogP contribution in [0.4, 0.5) is 13.2 Å². The molecule has 1 aromatic rings. The zero-order valence-electron chi connectivity index (χ0n) is 11.0. The second-order valence-electron chi connectivity index (χ2n) is 4.67. The molecule has 1 amide bonds. The minimum Gasteiger partial charge on any atom is -0.376 e. The standard InChI is InChI=1S/C13H15F3N2O2/c1-8-10(4-5-11(18-8)13(14,15)16)12(19)17-7-9-3-2-6-20-9/h4-5,9H,2-3,6-7H2,1H3,(H,17,19)/t9-/m1/s1. The van der Waals surface area contributed by atoms with Crippen molar-refractivity contribution in [3.05, 3.63) is 29.1 Å². The van der Waals surface area contributed by atoms with Crippen molar-refractivity contribution in [2.75, 3.05) is 13.2 Å². The highest BCUT2D eigenvalue weighted by Crippen LogP contribution is 2.28. The molecule has 2 rings (SSSR count). The second kappa shape index (κ2) is 5.78. The second-order valence-corrected chi connectivity index (χ2v) is 4.67. The average Bonchev–Trinajstić information content (AvgIpc) is 2.87. The van der Waals surface area contributed by atoms with Crippen molar-refractivity contribution in [3.8, 4) is 0 Å². The lowest BCUT2D eigenvalue weighted by Gasteiger charge is -2.13. The minimum absolute atomic E-state index is 0.0123. The molecule has 0 radical (unpaired) electrons. The van der Waals surface area contributed by atoms with Gasteiger partial charge in [-0.15, -0.1) is 0 Å². The number of halogens is 3. The largest absolute Gasteiger partial charge is 0.433 e. The van der Waals surface area contributed by atoms with Gasteiger partial charge in [-0.05, 0) is 31.9 Å². The van der Waals surface area contributed by atoms with Crippen molar-refractivity contribution < 1.29 is 22.7 Å². The third-order valence-corrected chi connectivity index (χ3v) is 3.14. The van der Waals surface area contributed by atoms with Crippen LogP contribution in [0, 0.1) is 6.92 Å². The van der Waals surface area contributed by atoms with Gasteiger partial charge in [0.2, 0.25) is 0 Å². The number of carbonyl (C=O) groups is 1. The van der Waals surface area contributed by atoms with Crippen LogP contribution in [0.15, 0.2) is 12.1 Å². The maximum atomic E-state index is 12.5. The molecule has 4 nitrogen and oxygen atoms in total. The van der Waals surface area contributed by atoms with Gasteiger partial charge in [-0.3, -0.25) is 4.79 Å².